The summed E-state index contributed by atoms with van der Waals surface area (Å²) in [5, 5.41) is 16.1. The molecule has 23 nitrogen and oxygen atoms in total. The lowest BCUT2D eigenvalue weighted by Gasteiger charge is -2.33. The number of H-pyrrole nitrogens is 1. The highest BCUT2D eigenvalue weighted by Crippen LogP contribution is 2.37. The fourth-order valence-corrected chi connectivity index (χ4v) is 8.56. The number of benzene rings is 3. The molecule has 5 aromatic rings. The van der Waals surface area contributed by atoms with Crippen LogP contribution < -0.4 is 54.4 Å². The van der Waals surface area contributed by atoms with Gasteiger partial charge in [0.15, 0.2) is 11.2 Å². The maximum absolute atomic E-state index is 14.0. The number of aromatic nitrogens is 4. The molecule has 0 spiro atoms. The molecule has 3 aromatic carbocycles. The van der Waals surface area contributed by atoms with E-state index in [4.69, 9.17) is 31.6 Å². The molecule has 14 N–H and O–H groups in total. The molecule has 2 aromatic heterocycles. The van der Waals surface area contributed by atoms with E-state index < -0.39 is 14.2 Å². The molecule has 0 saturated carbocycles. The molecular weight excluding hydrogens is 1010 g/mol. The van der Waals surface area contributed by atoms with Gasteiger partial charge in [0.2, 0.25) is 29.6 Å². The zero-order valence-electron chi connectivity index (χ0n) is 43.8. The Kier molecular flexibility index (Phi) is 25.2. The molecule has 3 heterocycles. The van der Waals surface area contributed by atoms with Crippen LogP contribution in [-0.4, -0.2) is 104 Å². The van der Waals surface area contributed by atoms with Gasteiger partial charge in [-0.05, 0) is 68.0 Å². The average molecular weight is 1080 g/mol. The van der Waals surface area contributed by atoms with Gasteiger partial charge in [0, 0.05) is 80.8 Å². The molecule has 0 radical (unpaired) electrons. The van der Waals surface area contributed by atoms with E-state index in [0.29, 0.717) is 85.0 Å². The summed E-state index contributed by atoms with van der Waals surface area (Å²) in [6.07, 6.45) is 7.72. The van der Waals surface area contributed by atoms with Crippen molar-refractivity contribution in [2.24, 2.45) is 11.6 Å². The summed E-state index contributed by atoms with van der Waals surface area (Å²) in [5.41, 5.74) is 17.7. The number of nitrogens with zero attached hydrogens (tertiary/aromatic N) is 5. The molecule has 0 saturated heterocycles. The molecule has 0 fully saturated rings. The predicted molar refractivity (Wildman–Crippen MR) is 298 cm³/mol. The van der Waals surface area contributed by atoms with Crippen molar-refractivity contribution in [3.8, 4) is 0 Å². The molecule has 414 valence electrons. The second kappa shape index (κ2) is 32.1. The lowest BCUT2D eigenvalue weighted by Crippen LogP contribution is -2.38. The van der Waals surface area contributed by atoms with E-state index in [-0.39, 0.29) is 98.6 Å². The lowest BCUT2D eigenvalue weighted by atomic mass is 9.95. The van der Waals surface area contributed by atoms with Crippen LogP contribution in [0.2, 0.25) is 0 Å². The number of carbonyl (C=O) groups excluding carboxylic acids is 5. The first kappa shape index (κ1) is 60.3. The number of nitrogen functional groups attached to an aromatic ring is 1. The first-order chi connectivity index (χ1) is 37.3. The zero-order valence-corrected chi connectivity index (χ0v) is 44.7. The molecule has 77 heavy (non-hydrogen) atoms. The third-order valence-electron chi connectivity index (χ3n) is 12.1. The van der Waals surface area contributed by atoms with Crippen LogP contribution in [0.4, 0.5) is 17.3 Å². The number of fused-ring (bicyclic) bond motifs is 3. The van der Waals surface area contributed by atoms with Gasteiger partial charge < -0.3 is 62.3 Å². The van der Waals surface area contributed by atoms with Crippen LogP contribution in [0.1, 0.15) is 124 Å². The third-order valence-corrected chi connectivity index (χ3v) is 12.6. The maximum atomic E-state index is 14.0. The molecule has 0 aliphatic carbocycles. The van der Waals surface area contributed by atoms with Crippen molar-refractivity contribution in [2.75, 3.05) is 55.3 Å². The van der Waals surface area contributed by atoms with Crippen molar-refractivity contribution < 1.29 is 38.3 Å². The first-order valence-electron chi connectivity index (χ1n) is 26.0. The number of hydrogen-bond donors (Lipinski definition) is 11. The Morgan fingerprint density at radius 3 is 2.10 bits per heavy atom. The number of hydrogen-bond acceptors (Lipinski definition) is 17. The van der Waals surface area contributed by atoms with Crippen molar-refractivity contribution in [1.82, 2.24) is 46.2 Å². The van der Waals surface area contributed by atoms with Crippen LogP contribution in [0.5, 0.6) is 0 Å². The average Bonchev–Trinajstić information content (AvgIpc) is 3.42. The highest BCUT2D eigenvalue weighted by Gasteiger charge is 2.28. The van der Waals surface area contributed by atoms with E-state index >= 15 is 0 Å². The molecule has 0 bridgehead atoms. The van der Waals surface area contributed by atoms with Gasteiger partial charge in [-0.25, -0.2) is 15.8 Å². The van der Waals surface area contributed by atoms with Gasteiger partial charge in [-0.1, -0.05) is 75.6 Å². The lowest BCUT2D eigenvalue weighted by molar-refractivity contribution is -0.125. The summed E-state index contributed by atoms with van der Waals surface area (Å²) in [6.45, 7) is 6.41. The van der Waals surface area contributed by atoms with Crippen LogP contribution in [0.15, 0.2) is 83.8 Å². The number of amides is 5. The number of rotatable bonds is 29. The number of anilines is 3. The minimum Gasteiger partial charge on any atom is -0.396 e. The molecule has 5 amide bonds. The Hall–Kier alpha value is -7.56. The van der Waals surface area contributed by atoms with Crippen molar-refractivity contribution in [2.45, 2.75) is 104 Å². The summed E-state index contributed by atoms with van der Waals surface area (Å²) in [7, 11) is -2.31. The highest BCUT2D eigenvalue weighted by atomic mass is 31.2. The standard InChI is InChI=1S/C51H67N14O9P.C2H6/c52-45-38-14-6-5-13-35(38)33-64(40-16-8-7-15-39(40)47(45)65(54)29-10-3-4-17-41(66)55-25-9-1-2-11-30-74-75(72)73)44(69)24-23-43(68)57-28-27-56-42(67)18-12-26-58-49(70)34-19-21-36(22-20-34)59-31-37-32-60-48-46(61-37)50(71)63-51(53)62-48;1-2/h5-8,13-16,19-22,32,59,72-73H,1-4,9-12,17-18,23-31,33,52,54H2,(H,55,66)(H,56,67)(H,57,68)(H,58,70)(H3,53,60,62,63,71);1-2H3/b47-45-;. The maximum Gasteiger partial charge on any atom is 0.327 e. The van der Waals surface area contributed by atoms with Crippen molar-refractivity contribution >= 4 is 78.0 Å². The van der Waals surface area contributed by atoms with Crippen molar-refractivity contribution in [1.29, 1.82) is 0 Å². The summed E-state index contributed by atoms with van der Waals surface area (Å²) < 4.78 is 4.76. The Balaban J connectivity index is 0.00000540. The van der Waals surface area contributed by atoms with Gasteiger partial charge in [0.05, 0.1) is 48.7 Å². The molecule has 1 aliphatic heterocycles. The van der Waals surface area contributed by atoms with E-state index in [0.717, 1.165) is 43.2 Å². The topological polar surface area (TPSA) is 351 Å². The van der Waals surface area contributed by atoms with E-state index in [1.54, 1.807) is 34.2 Å². The Morgan fingerprint density at radius 1 is 0.727 bits per heavy atom. The monoisotopic (exact) mass is 1080 g/mol. The predicted octanol–water partition coefficient (Wildman–Crippen LogP) is 4.43. The Labute approximate surface area is 449 Å². The Morgan fingerprint density at radius 2 is 1.36 bits per heavy atom. The summed E-state index contributed by atoms with van der Waals surface area (Å²) >= 11 is 0. The van der Waals surface area contributed by atoms with Crippen molar-refractivity contribution in [3.63, 3.8) is 0 Å². The quantitative estimate of drug-likeness (QED) is 0.0137. The second-order valence-corrected chi connectivity index (χ2v) is 18.5. The van der Waals surface area contributed by atoms with Gasteiger partial charge >= 0.3 is 8.60 Å². The molecule has 24 heteroatoms. The smallest absolute Gasteiger partial charge is 0.327 e. The van der Waals surface area contributed by atoms with Crippen LogP contribution in [0.25, 0.3) is 22.6 Å². The van der Waals surface area contributed by atoms with Crippen LogP contribution in [0, 0.1) is 0 Å². The van der Waals surface area contributed by atoms with E-state index in [1.165, 1.54) is 6.20 Å². The number of unbranched alkanes of at least 4 members (excludes halogenated alkanes) is 5. The number of nitrogens with one attached hydrogen (secondary N) is 6. The van der Waals surface area contributed by atoms with E-state index in [9.17, 15) is 28.8 Å². The number of para-hydroxylation sites is 1. The minimum atomic E-state index is -2.31. The van der Waals surface area contributed by atoms with Gasteiger partial charge in [0.1, 0.15) is 0 Å². The second-order valence-electron chi connectivity index (χ2n) is 17.7. The van der Waals surface area contributed by atoms with E-state index in [2.05, 4.69) is 46.5 Å². The van der Waals surface area contributed by atoms with Gasteiger partial charge in [0.25, 0.3) is 11.5 Å². The number of nitrogens with two attached hydrogens (primary N) is 3. The molecular formula is C53H73N14O9P. The number of aromatic amines is 1. The zero-order chi connectivity index (χ0) is 55.5. The highest BCUT2D eigenvalue weighted by molar-refractivity contribution is 7.39. The fraction of sp³-hybridized carbons (Fsp3) is 0.415. The van der Waals surface area contributed by atoms with Gasteiger partial charge in [-0.3, -0.25) is 33.8 Å². The molecule has 1 aliphatic rings. The Bertz CT molecular complexity index is 2830. The molecule has 6 rings (SSSR count). The largest absolute Gasteiger partial charge is 0.396 e. The minimum absolute atomic E-state index is 0.0119. The summed E-state index contributed by atoms with van der Waals surface area (Å²) in [4.78, 5) is 111. The van der Waals surface area contributed by atoms with Gasteiger partial charge in [-0.2, -0.15) is 4.98 Å². The van der Waals surface area contributed by atoms with Crippen LogP contribution >= 0.6 is 8.60 Å². The summed E-state index contributed by atoms with van der Waals surface area (Å²) in [6, 6.07) is 21.7. The fourth-order valence-electron chi connectivity index (χ4n) is 8.27. The third kappa shape index (κ3) is 19.5. The number of hydrazine groups is 1. The molecule has 0 unspecified atom stereocenters. The van der Waals surface area contributed by atoms with Crippen LogP contribution in [-0.2, 0) is 36.8 Å². The SMILES string of the molecule is CC.N/C1=C(\N(N)CCCCCC(=O)NCCCCCCOP(O)O)c2ccccc2N(C(=O)CCC(=O)NCCNC(=O)CCCNC(=O)c2ccc(NCc3cnc4nc(N)[nH]c(=O)c4n3)cc2)Cc2ccccc21. The van der Waals surface area contributed by atoms with Crippen molar-refractivity contribution in [3.05, 3.63) is 117 Å². The van der Waals surface area contributed by atoms with Gasteiger partial charge in [-0.15, -0.1) is 0 Å². The van der Waals surface area contributed by atoms with E-state index in [1.807, 2.05) is 62.4 Å². The number of carbonyl (C=O) groups is 5. The first-order valence-corrected chi connectivity index (χ1v) is 27.2. The molecule has 0 atom stereocenters. The summed E-state index contributed by atoms with van der Waals surface area (Å²) in [5.74, 6) is 5.58. The normalized spacial score (nSPS) is 12.8. The van der Waals surface area contributed by atoms with Crippen LogP contribution in [0.3, 0.4) is 0 Å².